The summed E-state index contributed by atoms with van der Waals surface area (Å²) in [5.74, 6) is 0.201. The summed E-state index contributed by atoms with van der Waals surface area (Å²) in [7, 11) is 1.49. The third-order valence-electron chi connectivity index (χ3n) is 4.35. The summed E-state index contributed by atoms with van der Waals surface area (Å²) < 4.78 is 5.24. The molecule has 0 aromatic heterocycles. The second-order valence-corrected chi connectivity index (χ2v) is 6.18. The third-order valence-corrected chi connectivity index (χ3v) is 4.35. The highest BCUT2D eigenvalue weighted by atomic mass is 17.2. The van der Waals surface area contributed by atoms with Crippen molar-refractivity contribution < 1.29 is 24.2 Å². The minimum absolute atomic E-state index is 0.0270. The van der Waals surface area contributed by atoms with E-state index >= 15 is 0 Å². The lowest BCUT2D eigenvalue weighted by Crippen LogP contribution is -2.14. The molecular formula is C19H20N2O6. The highest BCUT2D eigenvalue weighted by Crippen LogP contribution is 2.31. The number of nitro benzene ring substituents is 1. The van der Waals surface area contributed by atoms with Crippen molar-refractivity contribution in [2.45, 2.75) is 31.8 Å². The van der Waals surface area contributed by atoms with Crippen LogP contribution >= 0.6 is 0 Å². The summed E-state index contributed by atoms with van der Waals surface area (Å²) >= 11 is 0. The van der Waals surface area contributed by atoms with Gasteiger partial charge in [0.15, 0.2) is 5.75 Å². The van der Waals surface area contributed by atoms with E-state index in [-0.39, 0.29) is 28.8 Å². The Hall–Kier alpha value is -3.13. The molecule has 1 amide bonds. The zero-order valence-corrected chi connectivity index (χ0v) is 14.8. The Balaban J connectivity index is 1.76. The summed E-state index contributed by atoms with van der Waals surface area (Å²) in [6.45, 7) is 0. The van der Waals surface area contributed by atoms with Crippen LogP contribution in [0.3, 0.4) is 0 Å². The van der Waals surface area contributed by atoms with Gasteiger partial charge in [-0.05, 0) is 31.0 Å². The Bertz CT molecular complexity index is 833. The zero-order valence-electron chi connectivity index (χ0n) is 14.8. The van der Waals surface area contributed by atoms with Gasteiger partial charge in [0.2, 0.25) is 5.75 Å². The van der Waals surface area contributed by atoms with Crippen LogP contribution in [0.2, 0.25) is 0 Å². The number of amides is 1. The van der Waals surface area contributed by atoms with Crippen molar-refractivity contribution in [3.63, 3.8) is 0 Å². The van der Waals surface area contributed by atoms with E-state index < -0.39 is 10.8 Å². The monoisotopic (exact) mass is 372 g/mol. The predicted octanol–water partition coefficient (Wildman–Crippen LogP) is 4.11. The lowest BCUT2D eigenvalue weighted by molar-refractivity contribution is -0.383. The Morgan fingerprint density at radius 1 is 1.15 bits per heavy atom. The summed E-state index contributed by atoms with van der Waals surface area (Å²) in [6, 6.07) is 10.6. The van der Waals surface area contributed by atoms with E-state index in [1.165, 1.54) is 31.4 Å². The number of nitrogens with zero attached hydrogens (tertiary/aromatic N) is 1. The number of carbonyl (C=O) groups is 1. The van der Waals surface area contributed by atoms with Gasteiger partial charge >= 0.3 is 0 Å². The molecular weight excluding hydrogens is 352 g/mol. The molecule has 0 saturated heterocycles. The number of hydrogen-bond acceptors (Lipinski definition) is 6. The van der Waals surface area contributed by atoms with Crippen LogP contribution in [-0.2, 0) is 4.89 Å². The minimum atomic E-state index is -0.548. The molecule has 2 aromatic carbocycles. The van der Waals surface area contributed by atoms with Crippen molar-refractivity contribution in [1.82, 2.24) is 0 Å². The number of anilines is 1. The number of ether oxygens (including phenoxy) is 1. The third kappa shape index (κ3) is 4.53. The van der Waals surface area contributed by atoms with E-state index in [1.807, 2.05) is 0 Å². The van der Waals surface area contributed by atoms with Gasteiger partial charge in [-0.2, -0.15) is 4.89 Å². The quantitative estimate of drug-likeness (QED) is 0.446. The molecule has 8 nitrogen and oxygen atoms in total. The molecule has 0 bridgehead atoms. The molecule has 0 aliphatic heterocycles. The smallest absolute Gasteiger partial charge is 0.292 e. The Labute approximate surface area is 156 Å². The van der Waals surface area contributed by atoms with E-state index in [0.717, 1.165) is 25.7 Å². The van der Waals surface area contributed by atoms with E-state index in [9.17, 15) is 14.9 Å². The van der Waals surface area contributed by atoms with Crippen LogP contribution in [0, 0.1) is 10.1 Å². The summed E-state index contributed by atoms with van der Waals surface area (Å²) in [4.78, 5) is 33.9. The maximum atomic E-state index is 12.5. The Kier molecular flexibility index (Phi) is 5.87. The molecule has 27 heavy (non-hydrogen) atoms. The molecule has 3 rings (SSSR count). The number of para-hydroxylation sites is 2. The number of hydrogen-bond donors (Lipinski definition) is 1. The highest BCUT2D eigenvalue weighted by molar-refractivity contribution is 6.05. The van der Waals surface area contributed by atoms with Gasteiger partial charge in [0, 0.05) is 17.7 Å². The van der Waals surface area contributed by atoms with Gasteiger partial charge in [-0.3, -0.25) is 14.9 Å². The van der Waals surface area contributed by atoms with Gasteiger partial charge in [0.05, 0.1) is 12.0 Å². The van der Waals surface area contributed by atoms with Crippen LogP contribution in [0.4, 0.5) is 11.4 Å². The molecule has 0 unspecified atom stereocenters. The molecule has 8 heteroatoms. The maximum absolute atomic E-state index is 12.5. The van der Waals surface area contributed by atoms with Crippen LogP contribution in [0.1, 0.15) is 36.0 Å². The predicted molar refractivity (Wildman–Crippen MR) is 98.0 cm³/mol. The molecule has 1 aliphatic carbocycles. The van der Waals surface area contributed by atoms with Crippen molar-refractivity contribution in [3.8, 4) is 11.5 Å². The molecule has 1 aliphatic rings. The van der Waals surface area contributed by atoms with Crippen LogP contribution in [0.15, 0.2) is 42.5 Å². The van der Waals surface area contributed by atoms with Crippen LogP contribution in [-0.4, -0.2) is 24.0 Å². The van der Waals surface area contributed by atoms with Crippen molar-refractivity contribution >= 4 is 17.3 Å². The fraction of sp³-hybridized carbons (Fsp3) is 0.316. The second-order valence-electron chi connectivity index (χ2n) is 6.18. The molecule has 142 valence electrons. The fourth-order valence-corrected chi connectivity index (χ4v) is 2.92. The fourth-order valence-electron chi connectivity index (χ4n) is 2.92. The van der Waals surface area contributed by atoms with Gasteiger partial charge in [0.25, 0.3) is 11.6 Å². The second kappa shape index (κ2) is 8.50. The van der Waals surface area contributed by atoms with E-state index in [0.29, 0.717) is 5.75 Å². The number of benzene rings is 2. The summed E-state index contributed by atoms with van der Waals surface area (Å²) in [5.41, 5.74) is 0.201. The van der Waals surface area contributed by atoms with Crippen molar-refractivity contribution in [2.75, 3.05) is 12.4 Å². The first kappa shape index (κ1) is 18.7. The molecule has 1 saturated carbocycles. The van der Waals surface area contributed by atoms with Gasteiger partial charge in [-0.15, -0.1) is 0 Å². The first-order chi connectivity index (χ1) is 13.1. The number of nitrogens with one attached hydrogen (secondary N) is 1. The van der Waals surface area contributed by atoms with E-state index in [1.54, 1.807) is 18.2 Å². The molecule has 0 heterocycles. The van der Waals surface area contributed by atoms with E-state index in [2.05, 4.69) is 5.32 Å². The highest BCUT2D eigenvalue weighted by Gasteiger charge is 2.20. The first-order valence-electron chi connectivity index (χ1n) is 8.64. The van der Waals surface area contributed by atoms with Crippen LogP contribution in [0.5, 0.6) is 11.5 Å². The van der Waals surface area contributed by atoms with Crippen LogP contribution in [0.25, 0.3) is 0 Å². The van der Waals surface area contributed by atoms with Crippen molar-refractivity contribution in [3.05, 3.63) is 58.1 Å². The molecule has 1 fully saturated rings. The lowest BCUT2D eigenvalue weighted by Gasteiger charge is -2.14. The Morgan fingerprint density at radius 3 is 2.59 bits per heavy atom. The molecule has 2 aromatic rings. The molecule has 1 N–H and O–H groups in total. The van der Waals surface area contributed by atoms with Gasteiger partial charge in [-0.25, -0.2) is 0 Å². The summed E-state index contributed by atoms with van der Waals surface area (Å²) in [6.07, 6.45) is 4.09. The number of carbonyl (C=O) groups excluding carboxylic acids is 1. The largest absolute Gasteiger partial charge is 0.493 e. The molecule has 0 spiro atoms. The van der Waals surface area contributed by atoms with E-state index in [4.69, 9.17) is 14.5 Å². The average Bonchev–Trinajstić information content (AvgIpc) is 3.20. The number of nitro groups is 1. The Morgan fingerprint density at radius 2 is 1.89 bits per heavy atom. The zero-order chi connectivity index (χ0) is 19.2. The van der Waals surface area contributed by atoms with Gasteiger partial charge in [-0.1, -0.05) is 25.0 Å². The van der Waals surface area contributed by atoms with Crippen molar-refractivity contribution in [2.24, 2.45) is 0 Å². The SMILES string of the molecule is COc1ccc(C(=O)Nc2ccccc2[N+](=O)[O-])cc1OOC1CCCC1. The van der Waals surface area contributed by atoms with Crippen molar-refractivity contribution in [1.29, 1.82) is 0 Å². The first-order valence-corrected chi connectivity index (χ1v) is 8.64. The number of rotatable bonds is 7. The summed E-state index contributed by atoms with van der Waals surface area (Å²) in [5, 5.41) is 13.6. The molecule has 0 radical (unpaired) electrons. The molecule has 0 atom stereocenters. The standard InChI is InChI=1S/C19H20N2O6/c1-25-17-11-10-13(12-18(17)27-26-14-6-2-3-7-14)19(22)20-15-8-4-5-9-16(15)21(23)24/h4-5,8-12,14H,2-3,6-7H2,1H3,(H,20,22). The maximum Gasteiger partial charge on any atom is 0.292 e. The lowest BCUT2D eigenvalue weighted by atomic mass is 10.1. The average molecular weight is 372 g/mol. The topological polar surface area (TPSA) is 99.9 Å². The number of methoxy groups -OCH3 is 1. The minimum Gasteiger partial charge on any atom is -0.493 e. The van der Waals surface area contributed by atoms with Gasteiger partial charge < -0.3 is 14.9 Å². The normalized spacial score (nSPS) is 14.0. The van der Waals surface area contributed by atoms with Crippen LogP contribution < -0.4 is 14.9 Å². The van der Waals surface area contributed by atoms with Gasteiger partial charge in [0.1, 0.15) is 11.8 Å².